The molecule has 2 heterocycles. The number of rotatable bonds is 5. The molecule has 142 valence electrons. The van der Waals surface area contributed by atoms with E-state index in [9.17, 15) is 9.59 Å². The number of likely N-dealkylation sites (tertiary alicyclic amines) is 1. The van der Waals surface area contributed by atoms with Crippen LogP contribution in [0.5, 0.6) is 0 Å². The second-order valence-electron chi connectivity index (χ2n) is 7.77. The summed E-state index contributed by atoms with van der Waals surface area (Å²) in [4.78, 5) is 26.4. The average Bonchev–Trinajstić information content (AvgIpc) is 3.17. The molecule has 0 radical (unpaired) electrons. The van der Waals surface area contributed by atoms with Crippen LogP contribution in [0.25, 0.3) is 0 Å². The lowest BCUT2D eigenvalue weighted by Gasteiger charge is -2.23. The second-order valence-corrected chi connectivity index (χ2v) is 7.77. The summed E-state index contributed by atoms with van der Waals surface area (Å²) in [6.07, 6.45) is 4.91. The summed E-state index contributed by atoms with van der Waals surface area (Å²) in [5, 5.41) is 6.53. The molecule has 26 heavy (non-hydrogen) atoms. The Bertz CT molecular complexity index is 673. The van der Waals surface area contributed by atoms with Crippen LogP contribution in [0.15, 0.2) is 24.3 Å². The number of amides is 2. The Morgan fingerprint density at radius 2 is 1.96 bits per heavy atom. The molecule has 1 saturated carbocycles. The first kappa shape index (κ1) is 19.2. The molecule has 4 rings (SSSR count). The van der Waals surface area contributed by atoms with Crippen LogP contribution in [-0.2, 0) is 22.7 Å². The van der Waals surface area contributed by atoms with Gasteiger partial charge in [-0.25, -0.2) is 0 Å². The molecule has 1 atom stereocenters. The third-order valence-corrected chi connectivity index (χ3v) is 6.21. The SMILES string of the molecule is Cl.O=C(NCc1ccccc1CN1CCCC1=O)C1CC12CCNCC2. The molecule has 2 amide bonds. The predicted molar refractivity (Wildman–Crippen MR) is 103 cm³/mol. The minimum atomic E-state index is 0. The Balaban J connectivity index is 0.00000196. The Labute approximate surface area is 161 Å². The van der Waals surface area contributed by atoms with Gasteiger partial charge in [0.05, 0.1) is 0 Å². The second kappa shape index (κ2) is 7.97. The maximum Gasteiger partial charge on any atom is 0.223 e. The number of carbonyl (C=O) groups excluding carboxylic acids is 2. The molecule has 3 aliphatic rings. The Hall–Kier alpha value is -1.59. The van der Waals surface area contributed by atoms with Crippen LogP contribution in [0.1, 0.15) is 43.2 Å². The lowest BCUT2D eigenvalue weighted by molar-refractivity contribution is -0.128. The Morgan fingerprint density at radius 1 is 1.23 bits per heavy atom. The summed E-state index contributed by atoms with van der Waals surface area (Å²) in [7, 11) is 0. The van der Waals surface area contributed by atoms with E-state index in [1.165, 1.54) is 0 Å². The number of hydrogen-bond acceptors (Lipinski definition) is 3. The zero-order chi connectivity index (χ0) is 17.3. The van der Waals surface area contributed by atoms with E-state index < -0.39 is 0 Å². The van der Waals surface area contributed by atoms with Gasteiger partial charge in [-0.15, -0.1) is 12.4 Å². The van der Waals surface area contributed by atoms with Crippen molar-refractivity contribution in [3.63, 3.8) is 0 Å². The largest absolute Gasteiger partial charge is 0.352 e. The van der Waals surface area contributed by atoms with Crippen LogP contribution in [0.4, 0.5) is 0 Å². The first-order chi connectivity index (χ1) is 12.2. The summed E-state index contributed by atoms with van der Waals surface area (Å²) in [5.74, 6) is 0.639. The quantitative estimate of drug-likeness (QED) is 0.827. The van der Waals surface area contributed by atoms with Gasteiger partial charge in [-0.2, -0.15) is 0 Å². The van der Waals surface area contributed by atoms with Crippen molar-refractivity contribution in [2.45, 2.75) is 45.2 Å². The predicted octanol–water partition coefficient (Wildman–Crippen LogP) is 2.24. The van der Waals surface area contributed by atoms with E-state index in [-0.39, 0.29) is 35.6 Å². The van der Waals surface area contributed by atoms with E-state index in [0.29, 0.717) is 19.5 Å². The van der Waals surface area contributed by atoms with Crippen molar-refractivity contribution in [2.75, 3.05) is 19.6 Å². The van der Waals surface area contributed by atoms with E-state index >= 15 is 0 Å². The lowest BCUT2D eigenvalue weighted by Crippen LogP contribution is -2.33. The number of piperidine rings is 1. The molecule has 1 aromatic rings. The van der Waals surface area contributed by atoms with Gasteiger partial charge in [0, 0.05) is 32.0 Å². The van der Waals surface area contributed by atoms with Crippen molar-refractivity contribution < 1.29 is 9.59 Å². The fourth-order valence-corrected chi connectivity index (χ4v) is 4.46. The maximum atomic E-state index is 12.6. The number of halogens is 1. The van der Waals surface area contributed by atoms with Crippen LogP contribution in [0.2, 0.25) is 0 Å². The molecule has 5 nitrogen and oxygen atoms in total. The topological polar surface area (TPSA) is 61.4 Å². The number of carbonyl (C=O) groups is 2. The molecule has 2 aliphatic heterocycles. The molecule has 3 fully saturated rings. The van der Waals surface area contributed by atoms with Crippen LogP contribution in [-0.4, -0.2) is 36.3 Å². The van der Waals surface area contributed by atoms with Crippen LogP contribution in [0, 0.1) is 11.3 Å². The van der Waals surface area contributed by atoms with E-state index in [2.05, 4.69) is 22.8 Å². The van der Waals surface area contributed by atoms with Gasteiger partial charge in [-0.05, 0) is 55.3 Å². The zero-order valence-electron chi connectivity index (χ0n) is 15.1. The van der Waals surface area contributed by atoms with E-state index in [4.69, 9.17) is 0 Å². The first-order valence-electron chi connectivity index (χ1n) is 9.51. The average molecular weight is 378 g/mol. The minimum absolute atomic E-state index is 0. The van der Waals surface area contributed by atoms with E-state index in [1.54, 1.807) is 0 Å². The molecule has 2 N–H and O–H groups in total. The molecule has 0 bridgehead atoms. The lowest BCUT2D eigenvalue weighted by atomic mass is 9.92. The number of nitrogens with one attached hydrogen (secondary N) is 2. The molecule has 1 spiro atoms. The van der Waals surface area contributed by atoms with Crippen molar-refractivity contribution in [2.24, 2.45) is 11.3 Å². The molecule has 1 unspecified atom stereocenters. The van der Waals surface area contributed by atoms with E-state index in [0.717, 1.165) is 56.4 Å². The van der Waals surface area contributed by atoms with Crippen molar-refractivity contribution in [1.82, 2.24) is 15.5 Å². The first-order valence-corrected chi connectivity index (χ1v) is 9.51. The van der Waals surface area contributed by atoms with Crippen LogP contribution < -0.4 is 10.6 Å². The molecule has 0 aromatic heterocycles. The third-order valence-electron chi connectivity index (χ3n) is 6.21. The monoisotopic (exact) mass is 377 g/mol. The molecule has 1 aliphatic carbocycles. The number of hydrogen-bond donors (Lipinski definition) is 2. The van der Waals surface area contributed by atoms with Crippen molar-refractivity contribution >= 4 is 24.2 Å². The normalized spacial score (nSPS) is 23.6. The van der Waals surface area contributed by atoms with Crippen LogP contribution in [0.3, 0.4) is 0 Å². The van der Waals surface area contributed by atoms with Gasteiger partial charge in [0.1, 0.15) is 0 Å². The highest BCUT2D eigenvalue weighted by Gasteiger charge is 2.57. The maximum absolute atomic E-state index is 12.6. The Kier molecular flexibility index (Phi) is 5.88. The van der Waals surface area contributed by atoms with Crippen molar-refractivity contribution in [1.29, 1.82) is 0 Å². The zero-order valence-corrected chi connectivity index (χ0v) is 15.9. The van der Waals surface area contributed by atoms with Gasteiger partial charge in [0.25, 0.3) is 0 Å². The fraction of sp³-hybridized carbons (Fsp3) is 0.600. The van der Waals surface area contributed by atoms with Crippen LogP contribution >= 0.6 is 12.4 Å². The number of nitrogens with zero attached hydrogens (tertiary/aromatic N) is 1. The van der Waals surface area contributed by atoms with Gasteiger partial charge in [-0.3, -0.25) is 9.59 Å². The molecule has 6 heteroatoms. The van der Waals surface area contributed by atoms with Crippen molar-refractivity contribution in [3.8, 4) is 0 Å². The summed E-state index contributed by atoms with van der Waals surface area (Å²) in [6, 6.07) is 8.14. The van der Waals surface area contributed by atoms with Gasteiger partial charge >= 0.3 is 0 Å². The molecular formula is C20H28ClN3O2. The van der Waals surface area contributed by atoms with Gasteiger partial charge in [0.15, 0.2) is 0 Å². The molecular weight excluding hydrogens is 350 g/mol. The minimum Gasteiger partial charge on any atom is -0.352 e. The third kappa shape index (κ3) is 3.89. The fourth-order valence-electron chi connectivity index (χ4n) is 4.46. The van der Waals surface area contributed by atoms with Gasteiger partial charge < -0.3 is 15.5 Å². The van der Waals surface area contributed by atoms with E-state index in [1.807, 2.05) is 17.0 Å². The summed E-state index contributed by atoms with van der Waals surface area (Å²) >= 11 is 0. The summed E-state index contributed by atoms with van der Waals surface area (Å²) in [5.41, 5.74) is 2.54. The van der Waals surface area contributed by atoms with Crippen molar-refractivity contribution in [3.05, 3.63) is 35.4 Å². The van der Waals surface area contributed by atoms with Gasteiger partial charge in [-0.1, -0.05) is 24.3 Å². The van der Waals surface area contributed by atoms with Gasteiger partial charge in [0.2, 0.25) is 11.8 Å². The highest BCUT2D eigenvalue weighted by Crippen LogP contribution is 2.58. The smallest absolute Gasteiger partial charge is 0.223 e. The molecule has 2 saturated heterocycles. The summed E-state index contributed by atoms with van der Waals surface area (Å²) < 4.78 is 0. The Morgan fingerprint density at radius 3 is 2.65 bits per heavy atom. The number of benzene rings is 1. The highest BCUT2D eigenvalue weighted by atomic mass is 35.5. The summed E-state index contributed by atoms with van der Waals surface area (Å²) in [6.45, 7) is 4.14. The highest BCUT2D eigenvalue weighted by molar-refractivity contribution is 5.85. The standard InChI is InChI=1S/C20H27N3O2.ClH/c24-18-6-3-11-23(18)14-16-5-2-1-4-15(16)13-22-19(25)17-12-20(17)7-9-21-10-8-20;/h1-2,4-5,17,21H,3,6-14H2,(H,22,25);1H. The molecule has 1 aromatic carbocycles.